The van der Waals surface area contributed by atoms with Crippen LogP contribution in [-0.2, 0) is 36.2 Å². The van der Waals surface area contributed by atoms with Gasteiger partial charge in [0.2, 0.25) is 0 Å². The fraction of sp³-hybridized carbons (Fsp3) is 0.103. The Bertz CT molecular complexity index is 2140. The highest BCUT2D eigenvalue weighted by molar-refractivity contribution is 9.11. The fourth-order valence-corrected chi connectivity index (χ4v) is 6.65. The van der Waals surface area contributed by atoms with Crippen LogP contribution in [0.3, 0.4) is 0 Å². The van der Waals surface area contributed by atoms with E-state index in [1.165, 1.54) is 6.21 Å². The Morgan fingerprint density at radius 2 is 1.43 bits per heavy atom. The number of hydrogen-bond donors (Lipinski definition) is 5. The molecule has 5 N–H and O–H groups in total. The second-order valence-corrected chi connectivity index (χ2v) is 14.3. The second kappa shape index (κ2) is 14.2. The summed E-state index contributed by atoms with van der Waals surface area (Å²) in [6.45, 7) is 1.77. The summed E-state index contributed by atoms with van der Waals surface area (Å²) in [6, 6.07) is 16.8. The van der Waals surface area contributed by atoms with Gasteiger partial charge in [0.15, 0.2) is 0 Å². The zero-order valence-electron chi connectivity index (χ0n) is 23.5. The van der Waals surface area contributed by atoms with Crippen molar-refractivity contribution >= 4 is 87.1 Å². The van der Waals surface area contributed by atoms with Gasteiger partial charge in [0.05, 0.1) is 21.8 Å². The Kier molecular flexibility index (Phi) is 10.8. The van der Waals surface area contributed by atoms with Crippen molar-refractivity contribution in [3.8, 4) is 5.75 Å². The van der Waals surface area contributed by atoms with Gasteiger partial charge in [0, 0.05) is 15.6 Å². The number of rotatable bonds is 10. The monoisotopic (exact) mass is 794 g/mol. The molecule has 0 bridgehead atoms. The molecule has 13 nitrogen and oxygen atoms in total. The Morgan fingerprint density at radius 1 is 0.826 bits per heavy atom. The Hall–Kier alpha value is -4.00. The fourth-order valence-electron chi connectivity index (χ4n) is 4.22. The average molecular weight is 796 g/mol. The van der Waals surface area contributed by atoms with Gasteiger partial charge in [-0.15, -0.1) is 0 Å². The lowest BCUT2D eigenvalue weighted by Crippen LogP contribution is -2.39. The number of phenols is 1. The third-order valence-corrected chi connectivity index (χ3v) is 10.2. The molecule has 0 heterocycles. The van der Waals surface area contributed by atoms with E-state index in [4.69, 9.17) is 0 Å². The van der Waals surface area contributed by atoms with Gasteiger partial charge < -0.3 is 5.11 Å². The van der Waals surface area contributed by atoms with Crippen molar-refractivity contribution in [3.05, 3.63) is 97.9 Å². The molecule has 0 aliphatic carbocycles. The van der Waals surface area contributed by atoms with Crippen LogP contribution in [0.25, 0.3) is 10.8 Å². The minimum absolute atomic E-state index is 0.0975. The zero-order valence-corrected chi connectivity index (χ0v) is 28.4. The van der Waals surface area contributed by atoms with E-state index in [1.54, 1.807) is 19.1 Å². The molecule has 0 spiro atoms. The molecule has 0 aromatic heterocycles. The number of benzene rings is 4. The summed E-state index contributed by atoms with van der Waals surface area (Å²) in [5.74, 6) is -3.28. The van der Waals surface area contributed by atoms with Crippen LogP contribution >= 0.6 is 31.9 Å². The van der Waals surface area contributed by atoms with E-state index in [0.29, 0.717) is 20.6 Å². The van der Waals surface area contributed by atoms with E-state index in [9.17, 15) is 40.6 Å². The van der Waals surface area contributed by atoms with Gasteiger partial charge in [-0.2, -0.15) is 27.0 Å². The first-order chi connectivity index (χ1) is 21.6. The highest BCUT2D eigenvalue weighted by atomic mass is 79.9. The lowest BCUT2D eigenvalue weighted by molar-refractivity contribution is -0.135. The van der Waals surface area contributed by atoms with E-state index in [2.05, 4.69) is 52.9 Å². The molecular weight excluding hydrogens is 772 g/mol. The van der Waals surface area contributed by atoms with Crippen molar-refractivity contribution in [2.24, 2.45) is 16.1 Å². The van der Waals surface area contributed by atoms with E-state index in [1.807, 2.05) is 36.4 Å². The number of hydrazone groups is 2. The number of fused-ring (bicyclic) bond motifs is 1. The summed E-state index contributed by atoms with van der Waals surface area (Å²) in [5.41, 5.74) is 5.74. The maximum Gasteiger partial charge on any atom is 0.295 e. The number of amides is 2. The molecule has 0 fully saturated rings. The van der Waals surface area contributed by atoms with E-state index in [-0.39, 0.29) is 23.3 Å². The number of nitrogens with zero attached hydrogens (tertiary/aromatic N) is 2. The molecule has 4 aromatic carbocycles. The summed E-state index contributed by atoms with van der Waals surface area (Å²) in [7, 11) is -9.78. The molecule has 0 saturated heterocycles. The molecule has 1 unspecified atom stereocenters. The third-order valence-electron chi connectivity index (χ3n) is 6.66. The second-order valence-electron chi connectivity index (χ2n) is 9.79. The number of aromatic hydroxyl groups is 1. The smallest absolute Gasteiger partial charge is 0.295 e. The highest BCUT2D eigenvalue weighted by Gasteiger charge is 2.27. The summed E-state index contributed by atoms with van der Waals surface area (Å²) in [5, 5.41) is 19.8. The van der Waals surface area contributed by atoms with Crippen LogP contribution in [0.1, 0.15) is 22.3 Å². The average Bonchev–Trinajstić information content (AvgIpc) is 3.00. The van der Waals surface area contributed by atoms with Crippen LogP contribution in [0, 0.1) is 12.8 Å². The largest absolute Gasteiger partial charge is 0.506 e. The Morgan fingerprint density at radius 3 is 2.04 bits per heavy atom. The molecular formula is C29H24Br2N4O9S2. The molecule has 4 rings (SSSR count). The molecule has 2 amide bonds. The number of carbonyl (C=O) groups excluding carboxylic acids is 2. The number of phenolic OH excluding ortho intramolecular Hbond substituents is 1. The molecule has 0 aliphatic heterocycles. The number of nitrogens with one attached hydrogen (secondary N) is 2. The van der Waals surface area contributed by atoms with Crippen molar-refractivity contribution in [1.82, 2.24) is 10.9 Å². The summed E-state index contributed by atoms with van der Waals surface area (Å²) >= 11 is 6.66. The van der Waals surface area contributed by atoms with Crippen molar-refractivity contribution in [1.29, 1.82) is 0 Å². The number of hydrogen-bond acceptors (Lipinski definition) is 9. The van der Waals surface area contributed by atoms with Crippen molar-refractivity contribution in [2.75, 3.05) is 0 Å². The van der Waals surface area contributed by atoms with Crippen LogP contribution in [0.15, 0.2) is 95.7 Å². The summed E-state index contributed by atoms with van der Waals surface area (Å²) < 4.78 is 66.4. The van der Waals surface area contributed by atoms with Crippen LogP contribution < -0.4 is 10.9 Å². The third kappa shape index (κ3) is 8.42. The predicted molar refractivity (Wildman–Crippen MR) is 177 cm³/mol. The van der Waals surface area contributed by atoms with Crippen molar-refractivity contribution in [3.63, 3.8) is 0 Å². The van der Waals surface area contributed by atoms with Crippen LogP contribution in [0.4, 0.5) is 0 Å². The van der Waals surface area contributed by atoms with Crippen LogP contribution in [0.2, 0.25) is 0 Å². The molecule has 17 heteroatoms. The summed E-state index contributed by atoms with van der Waals surface area (Å²) in [6.07, 6.45) is 1.91. The Labute approximate surface area is 280 Å². The predicted octanol–water partition coefficient (Wildman–Crippen LogP) is 4.33. The minimum Gasteiger partial charge on any atom is -0.506 e. The molecule has 240 valence electrons. The topological polar surface area (TPSA) is 212 Å². The zero-order chi connectivity index (χ0) is 33.8. The number of carbonyl (C=O) groups is 2. The Balaban J connectivity index is 1.60. The minimum atomic E-state index is -4.98. The van der Waals surface area contributed by atoms with E-state index < -0.39 is 47.8 Å². The maximum atomic E-state index is 13.3. The van der Waals surface area contributed by atoms with E-state index >= 15 is 0 Å². The van der Waals surface area contributed by atoms with Gasteiger partial charge in [-0.05, 0) is 69.4 Å². The molecule has 1 atom stereocenters. The van der Waals surface area contributed by atoms with Gasteiger partial charge in [0.1, 0.15) is 16.6 Å². The standard InChI is InChI=1S/C29H24Br2N4O9S2/c1-16-24(30)12-21(27(36)26(16)31)15-33-35-29(38)23(11-17-6-7-18-4-2-3-5-19(18)10-17)28(37)34-32-14-20-8-9-22(45(39,40)41)13-25(20)46(42,43)44/h2-10,12-15,23,36H,11H2,1H3,(H,34,37)(H,35,38)(H,39,40,41)(H,42,43,44)/b32-14+,33-15+. The maximum absolute atomic E-state index is 13.3. The van der Waals surface area contributed by atoms with Crippen molar-refractivity contribution < 1.29 is 40.6 Å². The van der Waals surface area contributed by atoms with Crippen molar-refractivity contribution in [2.45, 2.75) is 23.1 Å². The van der Waals surface area contributed by atoms with Crippen LogP contribution in [0.5, 0.6) is 5.75 Å². The van der Waals surface area contributed by atoms with E-state index in [0.717, 1.165) is 34.7 Å². The summed E-state index contributed by atoms with van der Waals surface area (Å²) in [4.78, 5) is 24.8. The first-order valence-electron chi connectivity index (χ1n) is 13.0. The molecule has 0 radical (unpaired) electrons. The van der Waals surface area contributed by atoms with Crippen LogP contribution in [-0.4, -0.2) is 55.3 Å². The van der Waals surface area contributed by atoms with Gasteiger partial charge >= 0.3 is 0 Å². The van der Waals surface area contributed by atoms with Gasteiger partial charge in [0.25, 0.3) is 32.1 Å². The molecule has 46 heavy (non-hydrogen) atoms. The lowest BCUT2D eigenvalue weighted by Gasteiger charge is -2.14. The lowest BCUT2D eigenvalue weighted by atomic mass is 9.96. The first kappa shape index (κ1) is 34.9. The molecule has 0 aliphatic rings. The quantitative estimate of drug-likeness (QED) is 0.0668. The molecule has 0 saturated carbocycles. The number of halogens is 2. The molecule has 4 aromatic rings. The normalized spacial score (nSPS) is 12.9. The first-order valence-corrected chi connectivity index (χ1v) is 17.4. The highest BCUT2D eigenvalue weighted by Crippen LogP contribution is 2.35. The SMILES string of the molecule is Cc1c(Br)cc(/C=N/NC(=O)C(Cc2ccc3ccccc3c2)C(=O)N/N=C/c2ccc(S(=O)(=O)O)cc2S(=O)(=O)O)c(O)c1Br. The van der Waals surface area contributed by atoms with Gasteiger partial charge in [-0.25, -0.2) is 10.9 Å². The van der Waals surface area contributed by atoms with Gasteiger partial charge in [-0.3, -0.25) is 18.7 Å². The van der Waals surface area contributed by atoms with Gasteiger partial charge in [-0.1, -0.05) is 64.5 Å².